The molecule has 3 N–H and O–H groups in total. The van der Waals surface area contributed by atoms with Gasteiger partial charge in [0, 0.05) is 11.8 Å². The highest BCUT2D eigenvalue weighted by Gasteiger charge is 2.32. The molecule has 0 fully saturated rings. The zero-order valence-electron chi connectivity index (χ0n) is 12.4. The highest BCUT2D eigenvalue weighted by atomic mass is 79.9. The highest BCUT2D eigenvalue weighted by Crippen LogP contribution is 2.28. The van der Waals surface area contributed by atoms with Crippen LogP contribution in [0.3, 0.4) is 0 Å². The van der Waals surface area contributed by atoms with Gasteiger partial charge in [-0.2, -0.15) is 0 Å². The molecule has 7 heteroatoms. The molecule has 0 spiro atoms. The summed E-state index contributed by atoms with van der Waals surface area (Å²) in [5, 5.41) is 14.2. The second-order valence-electron chi connectivity index (χ2n) is 5.59. The topological polar surface area (TPSA) is 87.7 Å². The van der Waals surface area contributed by atoms with Gasteiger partial charge in [-0.25, -0.2) is 9.59 Å². The summed E-state index contributed by atoms with van der Waals surface area (Å²) in [6, 6.07) is 3.47. The number of carbonyl (C=O) groups excluding carboxylic acids is 1. The Hall–Kier alpha value is -1.76. The van der Waals surface area contributed by atoms with Crippen molar-refractivity contribution in [3.8, 4) is 5.75 Å². The summed E-state index contributed by atoms with van der Waals surface area (Å²) in [7, 11) is 1.52. The van der Waals surface area contributed by atoms with Gasteiger partial charge >= 0.3 is 12.0 Å². The summed E-state index contributed by atoms with van der Waals surface area (Å²) in [4.78, 5) is 23.1. The van der Waals surface area contributed by atoms with Crippen LogP contribution in [0.4, 0.5) is 10.5 Å². The second kappa shape index (κ2) is 6.80. The van der Waals surface area contributed by atoms with Crippen molar-refractivity contribution in [1.29, 1.82) is 0 Å². The fraction of sp³-hybridized carbons (Fsp3) is 0.429. The van der Waals surface area contributed by atoms with E-state index in [1.165, 1.54) is 7.11 Å². The molecule has 6 nitrogen and oxygen atoms in total. The zero-order chi connectivity index (χ0) is 16.2. The van der Waals surface area contributed by atoms with E-state index in [0.717, 1.165) is 4.47 Å². The van der Waals surface area contributed by atoms with Crippen molar-refractivity contribution in [2.45, 2.75) is 26.8 Å². The lowest BCUT2D eigenvalue weighted by Crippen LogP contribution is -2.50. The van der Waals surface area contributed by atoms with Crippen molar-refractivity contribution in [3.63, 3.8) is 0 Å². The summed E-state index contributed by atoms with van der Waals surface area (Å²) in [6.07, 6.45) is 0. The summed E-state index contributed by atoms with van der Waals surface area (Å²) in [6.45, 7) is 5.23. The van der Waals surface area contributed by atoms with E-state index >= 15 is 0 Å². The lowest BCUT2D eigenvalue weighted by Gasteiger charge is -2.27. The van der Waals surface area contributed by atoms with Crippen LogP contribution >= 0.6 is 15.9 Å². The largest absolute Gasteiger partial charge is 0.495 e. The summed E-state index contributed by atoms with van der Waals surface area (Å²) in [5.41, 5.74) is -0.0915. The van der Waals surface area contributed by atoms with Crippen LogP contribution in [0, 0.1) is 5.41 Å². The molecule has 1 aromatic carbocycles. The van der Waals surface area contributed by atoms with Gasteiger partial charge in [0.05, 0.1) is 11.6 Å². The summed E-state index contributed by atoms with van der Waals surface area (Å²) < 4.78 is 5.89. The number of methoxy groups -OCH3 is 1. The van der Waals surface area contributed by atoms with Crippen molar-refractivity contribution in [2.24, 2.45) is 5.41 Å². The van der Waals surface area contributed by atoms with Gasteiger partial charge in [0.2, 0.25) is 0 Å². The van der Waals surface area contributed by atoms with Crippen LogP contribution in [-0.2, 0) is 4.79 Å². The van der Waals surface area contributed by atoms with Gasteiger partial charge in [0.25, 0.3) is 0 Å². The van der Waals surface area contributed by atoms with E-state index in [0.29, 0.717) is 11.4 Å². The van der Waals surface area contributed by atoms with Crippen LogP contribution in [0.2, 0.25) is 0 Å². The maximum atomic E-state index is 11.9. The fourth-order valence-corrected chi connectivity index (χ4v) is 2.09. The molecular formula is C14H19BrN2O4. The molecule has 2 amide bonds. The van der Waals surface area contributed by atoms with Crippen LogP contribution in [0.15, 0.2) is 22.7 Å². The Bertz CT molecular complexity index is 540. The van der Waals surface area contributed by atoms with E-state index in [4.69, 9.17) is 4.74 Å². The SMILES string of the molecule is COc1cc(NC(=O)NC(C(=O)O)C(C)(C)C)ccc1Br. The van der Waals surface area contributed by atoms with Crippen LogP contribution in [0.5, 0.6) is 5.75 Å². The van der Waals surface area contributed by atoms with Crippen LogP contribution in [0.1, 0.15) is 20.8 Å². The monoisotopic (exact) mass is 358 g/mol. The first-order valence-corrected chi connectivity index (χ1v) is 7.08. The number of nitrogens with one attached hydrogen (secondary N) is 2. The number of carboxylic acids is 1. The third kappa shape index (κ3) is 4.93. The second-order valence-corrected chi connectivity index (χ2v) is 6.44. The summed E-state index contributed by atoms with van der Waals surface area (Å²) in [5.74, 6) is -0.510. The number of ether oxygens (including phenoxy) is 1. The van der Waals surface area contributed by atoms with Crippen molar-refractivity contribution >= 4 is 33.6 Å². The number of carboxylic acid groups (broad SMARTS) is 1. The van der Waals surface area contributed by atoms with Gasteiger partial charge in [-0.3, -0.25) is 0 Å². The average Bonchev–Trinajstić information content (AvgIpc) is 2.36. The fourth-order valence-electron chi connectivity index (χ4n) is 1.68. The van der Waals surface area contributed by atoms with E-state index in [1.807, 2.05) is 0 Å². The molecule has 0 saturated heterocycles. The maximum Gasteiger partial charge on any atom is 0.326 e. The Balaban J connectivity index is 2.79. The Labute approximate surface area is 132 Å². The third-order valence-corrected chi connectivity index (χ3v) is 3.45. The molecule has 0 saturated carbocycles. The van der Waals surface area contributed by atoms with E-state index in [-0.39, 0.29) is 0 Å². The number of anilines is 1. The molecule has 0 bridgehead atoms. The normalized spacial score (nSPS) is 12.4. The van der Waals surface area contributed by atoms with E-state index in [9.17, 15) is 14.7 Å². The number of rotatable bonds is 4. The predicted molar refractivity (Wildman–Crippen MR) is 83.7 cm³/mol. The minimum absolute atomic E-state index is 0.505. The Morgan fingerprint density at radius 1 is 1.33 bits per heavy atom. The molecule has 1 aromatic rings. The number of carbonyl (C=O) groups is 2. The molecule has 0 radical (unpaired) electrons. The minimum Gasteiger partial charge on any atom is -0.495 e. The van der Waals surface area contributed by atoms with Crippen molar-refractivity contribution in [2.75, 3.05) is 12.4 Å². The molecule has 0 heterocycles. The lowest BCUT2D eigenvalue weighted by molar-refractivity contribution is -0.141. The smallest absolute Gasteiger partial charge is 0.326 e. The van der Waals surface area contributed by atoms with Crippen molar-refractivity contribution in [3.05, 3.63) is 22.7 Å². The lowest BCUT2D eigenvalue weighted by atomic mass is 9.87. The molecule has 1 atom stereocenters. The quantitative estimate of drug-likeness (QED) is 0.771. The number of urea groups is 1. The first-order chi connectivity index (χ1) is 9.65. The first kappa shape index (κ1) is 17.3. The minimum atomic E-state index is -1.08. The summed E-state index contributed by atoms with van der Waals surface area (Å²) >= 11 is 3.31. The number of halogens is 1. The zero-order valence-corrected chi connectivity index (χ0v) is 13.9. The van der Waals surface area contributed by atoms with Gasteiger partial charge in [-0.1, -0.05) is 20.8 Å². The molecular weight excluding hydrogens is 340 g/mol. The maximum absolute atomic E-state index is 11.9. The number of amides is 2. The van der Waals surface area contributed by atoms with Crippen LogP contribution in [-0.4, -0.2) is 30.3 Å². The van der Waals surface area contributed by atoms with Gasteiger partial charge in [-0.15, -0.1) is 0 Å². The van der Waals surface area contributed by atoms with Gasteiger partial charge in [0.15, 0.2) is 0 Å². The van der Waals surface area contributed by atoms with Gasteiger partial charge in [-0.05, 0) is 33.5 Å². The Kier molecular flexibility index (Phi) is 5.60. The molecule has 0 aromatic heterocycles. The Morgan fingerprint density at radius 3 is 2.43 bits per heavy atom. The van der Waals surface area contributed by atoms with Crippen LogP contribution < -0.4 is 15.4 Å². The molecule has 0 aliphatic rings. The number of benzene rings is 1. The molecule has 0 aliphatic heterocycles. The number of hydrogen-bond acceptors (Lipinski definition) is 3. The van der Waals surface area contributed by atoms with Crippen LogP contribution in [0.25, 0.3) is 0 Å². The van der Waals surface area contributed by atoms with E-state index in [1.54, 1.807) is 39.0 Å². The predicted octanol–water partition coefficient (Wildman–Crippen LogP) is 3.08. The standard InChI is InChI=1S/C14H19BrN2O4/c1-14(2,3)11(12(18)19)17-13(20)16-8-5-6-9(15)10(7-8)21-4/h5-7,11H,1-4H3,(H,18,19)(H2,16,17,20). The molecule has 1 rings (SSSR count). The van der Waals surface area contributed by atoms with Gasteiger partial charge in [0.1, 0.15) is 11.8 Å². The molecule has 116 valence electrons. The Morgan fingerprint density at radius 2 is 1.95 bits per heavy atom. The number of aliphatic carboxylic acids is 1. The molecule has 21 heavy (non-hydrogen) atoms. The highest BCUT2D eigenvalue weighted by molar-refractivity contribution is 9.10. The molecule has 0 aliphatic carbocycles. The van der Waals surface area contributed by atoms with Crippen molar-refractivity contribution < 1.29 is 19.4 Å². The third-order valence-electron chi connectivity index (χ3n) is 2.80. The first-order valence-electron chi connectivity index (χ1n) is 6.29. The van der Waals surface area contributed by atoms with E-state index in [2.05, 4.69) is 26.6 Å². The average molecular weight is 359 g/mol. The molecule has 1 unspecified atom stereocenters. The number of hydrogen-bond donors (Lipinski definition) is 3. The van der Waals surface area contributed by atoms with Crippen molar-refractivity contribution in [1.82, 2.24) is 5.32 Å². The van der Waals surface area contributed by atoms with Gasteiger partial charge < -0.3 is 20.5 Å². The van der Waals surface area contributed by atoms with E-state index < -0.39 is 23.5 Å².